The van der Waals surface area contributed by atoms with Gasteiger partial charge in [0.1, 0.15) is 0 Å². The van der Waals surface area contributed by atoms with Gasteiger partial charge in [0.2, 0.25) is 6.20 Å². The molecule has 0 unspecified atom stereocenters. The predicted molar refractivity (Wildman–Crippen MR) is 41.4 cm³/mol. The van der Waals surface area contributed by atoms with Gasteiger partial charge < -0.3 is 4.57 Å². The van der Waals surface area contributed by atoms with Gasteiger partial charge in [-0.3, -0.25) is 10.1 Å². The molecule has 1 aromatic heterocycles. The number of hydrogen-bond acceptors (Lipinski definition) is 2. The van der Waals surface area contributed by atoms with E-state index in [1.54, 1.807) is 10.6 Å². The molecule has 0 spiro atoms. The summed E-state index contributed by atoms with van der Waals surface area (Å²) >= 11 is 0. The Labute approximate surface area is 63.9 Å². The SMILES string of the molecule is Cn1cccc1C=C[N+](=O)[O-]. The molecule has 0 aliphatic carbocycles. The van der Waals surface area contributed by atoms with Crippen molar-refractivity contribution in [3.05, 3.63) is 40.3 Å². The maximum absolute atomic E-state index is 9.92. The summed E-state index contributed by atoms with van der Waals surface area (Å²) in [5, 5.41) is 9.92. The third-order valence-electron chi connectivity index (χ3n) is 1.35. The Kier molecular flexibility index (Phi) is 2.06. The van der Waals surface area contributed by atoms with Crippen molar-refractivity contribution >= 4 is 6.08 Å². The highest BCUT2D eigenvalue weighted by Gasteiger charge is 1.92. The number of aromatic nitrogens is 1. The average molecular weight is 152 g/mol. The van der Waals surface area contributed by atoms with Gasteiger partial charge in [0.05, 0.1) is 4.92 Å². The first kappa shape index (κ1) is 7.53. The Hall–Kier alpha value is -1.58. The van der Waals surface area contributed by atoms with E-state index in [-0.39, 0.29) is 0 Å². The quantitative estimate of drug-likeness (QED) is 0.473. The van der Waals surface area contributed by atoms with Crippen LogP contribution in [0.4, 0.5) is 0 Å². The predicted octanol–water partition coefficient (Wildman–Crippen LogP) is 1.27. The van der Waals surface area contributed by atoms with Crippen LogP contribution >= 0.6 is 0 Å². The van der Waals surface area contributed by atoms with E-state index < -0.39 is 4.92 Å². The van der Waals surface area contributed by atoms with E-state index in [9.17, 15) is 10.1 Å². The van der Waals surface area contributed by atoms with Crippen molar-refractivity contribution in [2.45, 2.75) is 0 Å². The molecule has 0 N–H and O–H groups in total. The summed E-state index contributed by atoms with van der Waals surface area (Å²) in [7, 11) is 1.83. The summed E-state index contributed by atoms with van der Waals surface area (Å²) in [5.41, 5.74) is 0.821. The number of hydrogen-bond donors (Lipinski definition) is 0. The van der Waals surface area contributed by atoms with Crippen LogP contribution in [0.5, 0.6) is 0 Å². The first-order valence-corrected chi connectivity index (χ1v) is 3.13. The fourth-order valence-electron chi connectivity index (χ4n) is 0.785. The zero-order valence-corrected chi connectivity index (χ0v) is 6.10. The molecule has 0 aliphatic rings. The lowest BCUT2D eigenvalue weighted by Gasteiger charge is -1.91. The fraction of sp³-hybridized carbons (Fsp3) is 0.143. The molecule has 0 aromatic carbocycles. The molecule has 0 aliphatic heterocycles. The topological polar surface area (TPSA) is 48.1 Å². The molecule has 0 radical (unpaired) electrons. The van der Waals surface area contributed by atoms with Crippen molar-refractivity contribution < 1.29 is 4.92 Å². The van der Waals surface area contributed by atoms with Crippen LogP contribution in [0.25, 0.3) is 6.08 Å². The Bertz CT molecular complexity index is 288. The third kappa shape index (κ3) is 1.93. The minimum absolute atomic E-state index is 0.479. The van der Waals surface area contributed by atoms with Crippen molar-refractivity contribution in [3.63, 3.8) is 0 Å². The molecule has 11 heavy (non-hydrogen) atoms. The highest BCUT2D eigenvalue weighted by atomic mass is 16.6. The summed E-state index contributed by atoms with van der Waals surface area (Å²) in [5.74, 6) is 0. The van der Waals surface area contributed by atoms with Crippen LogP contribution in [0, 0.1) is 10.1 Å². The van der Waals surface area contributed by atoms with Crippen LogP contribution in [-0.4, -0.2) is 9.49 Å². The van der Waals surface area contributed by atoms with Crippen LogP contribution in [0.1, 0.15) is 5.69 Å². The molecule has 1 aromatic rings. The summed E-state index contributed by atoms with van der Waals surface area (Å²) < 4.78 is 1.81. The molecule has 4 nitrogen and oxygen atoms in total. The van der Waals surface area contributed by atoms with Gasteiger partial charge in [0.25, 0.3) is 0 Å². The Balaban J connectivity index is 2.79. The van der Waals surface area contributed by atoms with Gasteiger partial charge in [-0.05, 0) is 12.1 Å². The number of aryl methyl sites for hydroxylation is 1. The number of nitrogens with zero attached hydrogens (tertiary/aromatic N) is 2. The normalized spacial score (nSPS) is 10.6. The Morgan fingerprint density at radius 1 is 1.73 bits per heavy atom. The lowest BCUT2D eigenvalue weighted by atomic mass is 10.4. The lowest BCUT2D eigenvalue weighted by Crippen LogP contribution is -1.88. The molecule has 0 amide bonds. The van der Waals surface area contributed by atoms with E-state index in [2.05, 4.69) is 0 Å². The molecular weight excluding hydrogens is 144 g/mol. The van der Waals surface area contributed by atoms with Gasteiger partial charge in [-0.1, -0.05) is 0 Å². The van der Waals surface area contributed by atoms with Crippen molar-refractivity contribution in [2.75, 3.05) is 0 Å². The maximum Gasteiger partial charge on any atom is 0.236 e. The molecule has 0 bridgehead atoms. The van der Waals surface area contributed by atoms with Crippen molar-refractivity contribution in [1.29, 1.82) is 0 Å². The zero-order chi connectivity index (χ0) is 8.27. The van der Waals surface area contributed by atoms with Gasteiger partial charge in [0.15, 0.2) is 0 Å². The second kappa shape index (κ2) is 3.01. The third-order valence-corrected chi connectivity index (χ3v) is 1.35. The van der Waals surface area contributed by atoms with Gasteiger partial charge in [-0.15, -0.1) is 0 Å². The van der Waals surface area contributed by atoms with Gasteiger partial charge >= 0.3 is 0 Å². The van der Waals surface area contributed by atoms with E-state index in [1.807, 2.05) is 19.3 Å². The second-order valence-electron chi connectivity index (χ2n) is 2.15. The largest absolute Gasteiger partial charge is 0.351 e. The van der Waals surface area contributed by atoms with Gasteiger partial charge in [0, 0.05) is 25.0 Å². The summed E-state index contributed by atoms with van der Waals surface area (Å²) in [6.45, 7) is 0. The molecule has 0 fully saturated rings. The minimum atomic E-state index is -0.479. The summed E-state index contributed by atoms with van der Waals surface area (Å²) in [6, 6.07) is 3.64. The van der Waals surface area contributed by atoms with E-state index in [0.717, 1.165) is 11.9 Å². The monoisotopic (exact) mass is 152 g/mol. The Morgan fingerprint density at radius 3 is 2.91 bits per heavy atom. The van der Waals surface area contributed by atoms with Crippen LogP contribution in [-0.2, 0) is 7.05 Å². The van der Waals surface area contributed by atoms with E-state index in [0.29, 0.717) is 0 Å². The molecule has 4 heteroatoms. The Morgan fingerprint density at radius 2 is 2.45 bits per heavy atom. The molecule has 1 rings (SSSR count). The molecular formula is C7H8N2O2. The smallest absolute Gasteiger partial charge is 0.236 e. The van der Waals surface area contributed by atoms with Crippen molar-refractivity contribution in [3.8, 4) is 0 Å². The molecule has 0 saturated heterocycles. The van der Waals surface area contributed by atoms with Gasteiger partial charge in [-0.2, -0.15) is 0 Å². The van der Waals surface area contributed by atoms with Crippen LogP contribution < -0.4 is 0 Å². The minimum Gasteiger partial charge on any atom is -0.351 e. The molecule has 0 atom stereocenters. The average Bonchev–Trinajstić information content (AvgIpc) is 2.31. The molecule has 58 valence electrons. The van der Waals surface area contributed by atoms with E-state index in [4.69, 9.17) is 0 Å². The molecule has 0 saturated carbocycles. The lowest BCUT2D eigenvalue weighted by molar-refractivity contribution is -0.401. The highest BCUT2D eigenvalue weighted by molar-refractivity contribution is 5.43. The number of nitro groups is 1. The van der Waals surface area contributed by atoms with Crippen LogP contribution in [0.15, 0.2) is 24.5 Å². The standard InChI is InChI=1S/C7H8N2O2/c1-8-5-2-3-7(8)4-6-9(10)11/h2-6H,1H3. The summed E-state index contributed by atoms with van der Waals surface area (Å²) in [4.78, 5) is 9.44. The van der Waals surface area contributed by atoms with E-state index in [1.165, 1.54) is 6.08 Å². The van der Waals surface area contributed by atoms with Crippen LogP contribution in [0.2, 0.25) is 0 Å². The zero-order valence-electron chi connectivity index (χ0n) is 6.10. The first-order chi connectivity index (χ1) is 5.20. The van der Waals surface area contributed by atoms with E-state index >= 15 is 0 Å². The van der Waals surface area contributed by atoms with Gasteiger partial charge in [-0.25, -0.2) is 0 Å². The second-order valence-corrected chi connectivity index (χ2v) is 2.15. The molecule has 1 heterocycles. The first-order valence-electron chi connectivity index (χ1n) is 3.13. The summed E-state index contributed by atoms with van der Waals surface area (Å²) in [6.07, 6.45) is 4.22. The highest BCUT2D eigenvalue weighted by Crippen LogP contribution is 2.01. The van der Waals surface area contributed by atoms with Crippen molar-refractivity contribution in [1.82, 2.24) is 4.57 Å². The van der Waals surface area contributed by atoms with Crippen LogP contribution in [0.3, 0.4) is 0 Å². The fourth-order valence-corrected chi connectivity index (χ4v) is 0.785. The number of rotatable bonds is 2. The van der Waals surface area contributed by atoms with Crippen molar-refractivity contribution in [2.24, 2.45) is 7.05 Å². The maximum atomic E-state index is 9.92.